The molecule has 0 radical (unpaired) electrons. The van der Waals surface area contributed by atoms with E-state index in [2.05, 4.69) is 5.32 Å². The number of anilines is 1. The van der Waals surface area contributed by atoms with Gasteiger partial charge in [-0.2, -0.15) is 0 Å². The largest absolute Gasteiger partial charge is 0.380 e. The Balaban J connectivity index is 2.88. The fraction of sp³-hybridized carbons (Fsp3) is 0.333. The van der Waals surface area contributed by atoms with Gasteiger partial charge < -0.3 is 5.32 Å². The Labute approximate surface area is 74.6 Å². The van der Waals surface area contributed by atoms with Crippen molar-refractivity contribution in [2.75, 3.05) is 18.5 Å². The Kier molecular flexibility index (Phi) is 3.17. The summed E-state index contributed by atoms with van der Waals surface area (Å²) in [5, 5.41) is 2.44. The molecular formula is C9H10F3N. The number of aryl methyl sites for hydroxylation is 1. The third-order valence-electron chi connectivity index (χ3n) is 1.66. The van der Waals surface area contributed by atoms with Gasteiger partial charge in [-0.25, -0.2) is 13.2 Å². The lowest BCUT2D eigenvalue weighted by molar-refractivity contribution is 0.511. The van der Waals surface area contributed by atoms with E-state index in [-0.39, 0.29) is 17.8 Å². The summed E-state index contributed by atoms with van der Waals surface area (Å²) in [6.07, 6.45) is 0. The van der Waals surface area contributed by atoms with Crippen molar-refractivity contribution in [3.8, 4) is 0 Å². The van der Waals surface area contributed by atoms with Crippen LogP contribution < -0.4 is 5.32 Å². The first-order valence-electron chi connectivity index (χ1n) is 3.90. The molecule has 0 aliphatic heterocycles. The molecule has 0 saturated heterocycles. The zero-order valence-corrected chi connectivity index (χ0v) is 7.20. The molecule has 1 nitrogen and oxygen atoms in total. The van der Waals surface area contributed by atoms with E-state index >= 15 is 0 Å². The monoisotopic (exact) mass is 189 g/mol. The maximum atomic E-state index is 13.0. The second-order valence-electron chi connectivity index (χ2n) is 2.70. The van der Waals surface area contributed by atoms with Crippen LogP contribution in [0.2, 0.25) is 0 Å². The van der Waals surface area contributed by atoms with Crippen LogP contribution in [0, 0.1) is 18.6 Å². The van der Waals surface area contributed by atoms with Crippen LogP contribution in [0.1, 0.15) is 5.56 Å². The summed E-state index contributed by atoms with van der Waals surface area (Å²) in [7, 11) is 0. The SMILES string of the molecule is Cc1cc(F)c(NCCF)cc1F. The average Bonchev–Trinajstić information content (AvgIpc) is 2.09. The van der Waals surface area contributed by atoms with Crippen molar-refractivity contribution in [2.45, 2.75) is 6.92 Å². The molecule has 0 spiro atoms. The number of rotatable bonds is 3. The van der Waals surface area contributed by atoms with Gasteiger partial charge in [-0.1, -0.05) is 0 Å². The normalized spacial score (nSPS) is 10.2. The summed E-state index contributed by atoms with van der Waals surface area (Å²) in [4.78, 5) is 0. The predicted molar refractivity (Wildman–Crippen MR) is 45.6 cm³/mol. The van der Waals surface area contributed by atoms with Crippen molar-refractivity contribution in [1.82, 2.24) is 0 Å². The van der Waals surface area contributed by atoms with Gasteiger partial charge in [0.25, 0.3) is 0 Å². The molecule has 1 N–H and O–H groups in total. The summed E-state index contributed by atoms with van der Waals surface area (Å²) in [5.41, 5.74) is 0.240. The molecule has 1 aromatic rings. The number of nitrogens with one attached hydrogen (secondary N) is 1. The molecule has 13 heavy (non-hydrogen) atoms. The Morgan fingerprint density at radius 3 is 2.54 bits per heavy atom. The summed E-state index contributed by atoms with van der Waals surface area (Å²) >= 11 is 0. The molecule has 0 amide bonds. The molecule has 0 saturated carbocycles. The Hall–Kier alpha value is -1.19. The van der Waals surface area contributed by atoms with Gasteiger partial charge >= 0.3 is 0 Å². The zero-order chi connectivity index (χ0) is 9.84. The first kappa shape index (κ1) is 9.89. The van der Waals surface area contributed by atoms with E-state index < -0.39 is 18.3 Å². The van der Waals surface area contributed by atoms with E-state index in [0.29, 0.717) is 0 Å². The zero-order valence-electron chi connectivity index (χ0n) is 7.20. The van der Waals surface area contributed by atoms with E-state index in [9.17, 15) is 13.2 Å². The van der Waals surface area contributed by atoms with E-state index in [0.717, 1.165) is 12.1 Å². The molecule has 1 aromatic carbocycles. The molecule has 0 atom stereocenters. The highest BCUT2D eigenvalue weighted by atomic mass is 19.1. The van der Waals surface area contributed by atoms with Crippen LogP contribution in [0.15, 0.2) is 12.1 Å². The summed E-state index contributed by atoms with van der Waals surface area (Å²) in [6.45, 7) is 0.839. The van der Waals surface area contributed by atoms with Crippen molar-refractivity contribution in [2.24, 2.45) is 0 Å². The fourth-order valence-electron chi connectivity index (χ4n) is 0.964. The highest BCUT2D eigenvalue weighted by Crippen LogP contribution is 2.18. The van der Waals surface area contributed by atoms with Gasteiger partial charge in [0, 0.05) is 12.6 Å². The standard InChI is InChI=1S/C9H10F3N/c1-6-4-8(12)9(5-7(6)11)13-3-2-10/h4-5,13H,2-3H2,1H3. The van der Waals surface area contributed by atoms with Gasteiger partial charge in [0.05, 0.1) is 5.69 Å². The first-order valence-corrected chi connectivity index (χ1v) is 3.90. The molecule has 72 valence electrons. The van der Waals surface area contributed by atoms with Crippen molar-refractivity contribution in [1.29, 1.82) is 0 Å². The number of hydrogen-bond acceptors (Lipinski definition) is 1. The molecule has 0 fully saturated rings. The van der Waals surface area contributed by atoms with E-state index in [1.165, 1.54) is 6.92 Å². The van der Waals surface area contributed by atoms with Gasteiger partial charge in [-0.15, -0.1) is 0 Å². The fourth-order valence-corrected chi connectivity index (χ4v) is 0.964. The molecule has 0 aliphatic rings. The topological polar surface area (TPSA) is 12.0 Å². The molecule has 4 heteroatoms. The first-order chi connectivity index (χ1) is 6.15. The highest BCUT2D eigenvalue weighted by Gasteiger charge is 2.05. The van der Waals surface area contributed by atoms with E-state index in [1.54, 1.807) is 0 Å². The van der Waals surface area contributed by atoms with E-state index in [4.69, 9.17) is 0 Å². The van der Waals surface area contributed by atoms with Gasteiger partial charge in [-0.05, 0) is 18.6 Å². The molecule has 0 aliphatic carbocycles. The van der Waals surface area contributed by atoms with Crippen molar-refractivity contribution in [3.63, 3.8) is 0 Å². The van der Waals surface area contributed by atoms with Crippen LogP contribution in [0.3, 0.4) is 0 Å². The molecule has 0 heterocycles. The minimum Gasteiger partial charge on any atom is -0.380 e. The third-order valence-corrected chi connectivity index (χ3v) is 1.66. The van der Waals surface area contributed by atoms with Crippen LogP contribution in [0.25, 0.3) is 0 Å². The lowest BCUT2D eigenvalue weighted by Crippen LogP contribution is -2.05. The average molecular weight is 189 g/mol. The summed E-state index contributed by atoms with van der Waals surface area (Å²) < 4.78 is 37.6. The minimum absolute atomic E-state index is 0.000694. The van der Waals surface area contributed by atoms with Gasteiger partial charge in [-0.3, -0.25) is 0 Å². The van der Waals surface area contributed by atoms with Crippen LogP contribution in [0.5, 0.6) is 0 Å². The van der Waals surface area contributed by atoms with Crippen molar-refractivity contribution < 1.29 is 13.2 Å². The molecule has 1 rings (SSSR count). The van der Waals surface area contributed by atoms with Crippen LogP contribution >= 0.6 is 0 Å². The number of benzene rings is 1. The number of halogens is 3. The smallest absolute Gasteiger partial charge is 0.146 e. The molecule has 0 bridgehead atoms. The summed E-state index contributed by atoms with van der Waals surface area (Å²) in [6, 6.07) is 2.11. The molecular weight excluding hydrogens is 179 g/mol. The highest BCUT2D eigenvalue weighted by molar-refractivity contribution is 5.46. The van der Waals surface area contributed by atoms with Crippen molar-refractivity contribution in [3.05, 3.63) is 29.3 Å². The van der Waals surface area contributed by atoms with Crippen LogP contribution in [-0.2, 0) is 0 Å². The summed E-state index contributed by atoms with van der Waals surface area (Å²) in [5.74, 6) is -1.06. The van der Waals surface area contributed by atoms with Crippen LogP contribution in [0.4, 0.5) is 18.9 Å². The predicted octanol–water partition coefficient (Wildman–Crippen LogP) is 2.65. The van der Waals surface area contributed by atoms with Gasteiger partial charge in [0.2, 0.25) is 0 Å². The molecule has 0 unspecified atom stereocenters. The lowest BCUT2D eigenvalue weighted by Gasteiger charge is -2.06. The number of hydrogen-bond donors (Lipinski definition) is 1. The van der Waals surface area contributed by atoms with Gasteiger partial charge in [0.15, 0.2) is 0 Å². The van der Waals surface area contributed by atoms with E-state index in [1.807, 2.05) is 0 Å². The maximum Gasteiger partial charge on any atom is 0.146 e. The maximum absolute atomic E-state index is 13.0. The lowest BCUT2D eigenvalue weighted by atomic mass is 10.2. The Bertz CT molecular complexity index is 299. The molecule has 0 aromatic heterocycles. The second kappa shape index (κ2) is 4.16. The van der Waals surface area contributed by atoms with Crippen molar-refractivity contribution >= 4 is 5.69 Å². The van der Waals surface area contributed by atoms with Crippen LogP contribution in [-0.4, -0.2) is 13.2 Å². The quantitative estimate of drug-likeness (QED) is 0.770. The van der Waals surface area contributed by atoms with Gasteiger partial charge in [0.1, 0.15) is 18.3 Å². The Morgan fingerprint density at radius 2 is 1.92 bits per heavy atom. The number of alkyl halides is 1. The Morgan fingerprint density at radius 1 is 1.23 bits per heavy atom. The second-order valence-corrected chi connectivity index (χ2v) is 2.70. The third kappa shape index (κ3) is 2.37. The minimum atomic E-state index is -0.616.